The monoisotopic (exact) mass is 204 g/mol. The number of carbonyl (C=O) groups is 1. The predicted octanol–water partition coefficient (Wildman–Crippen LogP) is 1.45. The molecule has 4 heteroatoms. The standard InChI is InChI=1S/C11H12N2O2/c1-8-3-4-9(6-12)5-10(8)13-7-11(14)15-2/h3-5,13H,7H2,1-2H3. The van der Waals surface area contributed by atoms with Crippen molar-refractivity contribution in [3.8, 4) is 6.07 Å². The first-order valence-electron chi connectivity index (χ1n) is 4.49. The molecule has 1 N–H and O–H groups in total. The van der Waals surface area contributed by atoms with E-state index >= 15 is 0 Å². The van der Waals surface area contributed by atoms with Gasteiger partial charge in [-0.3, -0.25) is 4.79 Å². The van der Waals surface area contributed by atoms with E-state index < -0.39 is 0 Å². The number of nitrogens with one attached hydrogen (secondary N) is 1. The van der Waals surface area contributed by atoms with Crippen LogP contribution in [0.5, 0.6) is 0 Å². The summed E-state index contributed by atoms with van der Waals surface area (Å²) in [5.41, 5.74) is 2.32. The molecule has 0 bridgehead atoms. The Balaban J connectivity index is 2.76. The molecule has 0 radical (unpaired) electrons. The lowest BCUT2D eigenvalue weighted by molar-refractivity contribution is -0.138. The number of nitrogens with zero attached hydrogens (tertiary/aromatic N) is 1. The van der Waals surface area contributed by atoms with E-state index in [1.807, 2.05) is 19.1 Å². The van der Waals surface area contributed by atoms with Crippen molar-refractivity contribution in [2.75, 3.05) is 19.0 Å². The van der Waals surface area contributed by atoms with Gasteiger partial charge in [0.2, 0.25) is 0 Å². The molecular weight excluding hydrogens is 192 g/mol. The van der Waals surface area contributed by atoms with Gasteiger partial charge in [-0.2, -0.15) is 5.26 Å². The molecule has 78 valence electrons. The average Bonchev–Trinajstić information content (AvgIpc) is 2.27. The second-order valence-corrected chi connectivity index (χ2v) is 3.07. The third-order valence-electron chi connectivity index (χ3n) is 2.02. The Bertz CT molecular complexity index is 408. The number of benzene rings is 1. The number of esters is 1. The minimum absolute atomic E-state index is 0.103. The number of anilines is 1. The summed E-state index contributed by atoms with van der Waals surface area (Å²) in [7, 11) is 1.34. The van der Waals surface area contributed by atoms with Gasteiger partial charge in [0.25, 0.3) is 0 Å². The van der Waals surface area contributed by atoms with Crippen LogP contribution in [-0.2, 0) is 9.53 Å². The van der Waals surface area contributed by atoms with Gasteiger partial charge in [0.05, 0.1) is 18.7 Å². The van der Waals surface area contributed by atoms with E-state index in [4.69, 9.17) is 5.26 Å². The fraction of sp³-hybridized carbons (Fsp3) is 0.273. The molecule has 0 unspecified atom stereocenters. The first-order valence-corrected chi connectivity index (χ1v) is 4.49. The average molecular weight is 204 g/mol. The highest BCUT2D eigenvalue weighted by molar-refractivity contribution is 5.75. The summed E-state index contributed by atoms with van der Waals surface area (Å²) in [6.45, 7) is 2.01. The maximum Gasteiger partial charge on any atom is 0.325 e. The zero-order chi connectivity index (χ0) is 11.3. The summed E-state index contributed by atoms with van der Waals surface area (Å²) < 4.78 is 4.50. The zero-order valence-corrected chi connectivity index (χ0v) is 8.70. The Morgan fingerprint density at radius 1 is 1.60 bits per heavy atom. The van der Waals surface area contributed by atoms with E-state index in [1.54, 1.807) is 12.1 Å². The molecule has 0 aliphatic rings. The van der Waals surface area contributed by atoms with E-state index in [1.165, 1.54) is 7.11 Å². The van der Waals surface area contributed by atoms with Crippen molar-refractivity contribution in [2.45, 2.75) is 6.92 Å². The number of nitriles is 1. The van der Waals surface area contributed by atoms with Gasteiger partial charge in [0.1, 0.15) is 6.54 Å². The third-order valence-corrected chi connectivity index (χ3v) is 2.02. The minimum Gasteiger partial charge on any atom is -0.468 e. The number of ether oxygens (including phenoxy) is 1. The molecule has 1 aromatic carbocycles. The van der Waals surface area contributed by atoms with Crippen molar-refractivity contribution in [1.29, 1.82) is 5.26 Å². The highest BCUT2D eigenvalue weighted by Crippen LogP contribution is 2.15. The van der Waals surface area contributed by atoms with Crippen molar-refractivity contribution in [2.24, 2.45) is 0 Å². The van der Waals surface area contributed by atoms with Gasteiger partial charge in [-0.15, -0.1) is 0 Å². The summed E-state index contributed by atoms with van der Waals surface area (Å²) in [5.74, 6) is -0.336. The highest BCUT2D eigenvalue weighted by Gasteiger charge is 2.03. The summed E-state index contributed by atoms with van der Waals surface area (Å²) in [6, 6.07) is 7.31. The molecule has 0 aliphatic carbocycles. The summed E-state index contributed by atoms with van der Waals surface area (Å²) in [5, 5.41) is 11.6. The molecule has 0 amide bonds. The molecule has 1 rings (SSSR count). The van der Waals surface area contributed by atoms with Crippen LogP contribution in [0.25, 0.3) is 0 Å². The van der Waals surface area contributed by atoms with Crippen molar-refractivity contribution in [3.63, 3.8) is 0 Å². The third kappa shape index (κ3) is 2.99. The lowest BCUT2D eigenvalue weighted by Gasteiger charge is -2.08. The molecule has 0 atom stereocenters. The molecule has 0 aromatic heterocycles. The largest absolute Gasteiger partial charge is 0.468 e. The quantitative estimate of drug-likeness (QED) is 0.757. The number of hydrogen-bond donors (Lipinski definition) is 1. The Morgan fingerprint density at radius 2 is 2.33 bits per heavy atom. The molecule has 0 fully saturated rings. The Morgan fingerprint density at radius 3 is 2.93 bits per heavy atom. The maximum absolute atomic E-state index is 10.9. The number of carbonyl (C=O) groups excluding carboxylic acids is 1. The molecule has 0 spiro atoms. The number of hydrogen-bond acceptors (Lipinski definition) is 4. The van der Waals surface area contributed by atoms with Crippen molar-refractivity contribution >= 4 is 11.7 Å². The summed E-state index contributed by atoms with van der Waals surface area (Å²) >= 11 is 0. The normalized spacial score (nSPS) is 9.13. The van der Waals surface area contributed by atoms with Gasteiger partial charge in [0, 0.05) is 5.69 Å². The van der Waals surface area contributed by atoms with Gasteiger partial charge in [0.15, 0.2) is 0 Å². The van der Waals surface area contributed by atoms with Crippen LogP contribution in [0.4, 0.5) is 5.69 Å². The van der Waals surface area contributed by atoms with Crippen LogP contribution < -0.4 is 5.32 Å². The maximum atomic E-state index is 10.9. The van der Waals surface area contributed by atoms with E-state index in [9.17, 15) is 4.79 Å². The van der Waals surface area contributed by atoms with Crippen LogP contribution in [0.15, 0.2) is 18.2 Å². The molecule has 0 aliphatic heterocycles. The minimum atomic E-state index is -0.336. The molecular formula is C11H12N2O2. The Hall–Kier alpha value is -2.02. The highest BCUT2D eigenvalue weighted by atomic mass is 16.5. The molecule has 1 aromatic rings. The van der Waals surface area contributed by atoms with Crippen LogP contribution in [-0.4, -0.2) is 19.6 Å². The first kappa shape index (κ1) is 11.1. The summed E-state index contributed by atoms with van der Waals surface area (Å²) in [4.78, 5) is 10.9. The van der Waals surface area contributed by atoms with Gasteiger partial charge < -0.3 is 10.1 Å². The Kier molecular flexibility index (Phi) is 3.69. The van der Waals surface area contributed by atoms with Crippen LogP contribution >= 0.6 is 0 Å². The van der Waals surface area contributed by atoms with Crippen LogP contribution in [0.2, 0.25) is 0 Å². The van der Waals surface area contributed by atoms with Crippen LogP contribution in [0, 0.1) is 18.3 Å². The van der Waals surface area contributed by atoms with E-state index in [0.29, 0.717) is 5.56 Å². The van der Waals surface area contributed by atoms with Gasteiger partial charge >= 0.3 is 5.97 Å². The SMILES string of the molecule is COC(=O)CNc1cc(C#N)ccc1C. The second-order valence-electron chi connectivity index (χ2n) is 3.07. The zero-order valence-electron chi connectivity index (χ0n) is 8.70. The van der Waals surface area contributed by atoms with Crippen molar-refractivity contribution < 1.29 is 9.53 Å². The molecule has 0 saturated heterocycles. The fourth-order valence-electron chi connectivity index (χ4n) is 1.12. The smallest absolute Gasteiger partial charge is 0.325 e. The van der Waals surface area contributed by atoms with E-state index in [-0.39, 0.29) is 12.5 Å². The van der Waals surface area contributed by atoms with Crippen molar-refractivity contribution in [1.82, 2.24) is 0 Å². The van der Waals surface area contributed by atoms with Gasteiger partial charge in [-0.1, -0.05) is 6.07 Å². The van der Waals surface area contributed by atoms with Crippen LogP contribution in [0.3, 0.4) is 0 Å². The molecule has 0 heterocycles. The van der Waals surface area contributed by atoms with Crippen molar-refractivity contribution in [3.05, 3.63) is 29.3 Å². The molecule has 4 nitrogen and oxygen atoms in total. The molecule has 15 heavy (non-hydrogen) atoms. The van der Waals surface area contributed by atoms with Gasteiger partial charge in [-0.05, 0) is 24.6 Å². The van der Waals surface area contributed by atoms with Gasteiger partial charge in [-0.25, -0.2) is 0 Å². The van der Waals surface area contributed by atoms with E-state index in [0.717, 1.165) is 11.3 Å². The number of aryl methyl sites for hydroxylation is 1. The van der Waals surface area contributed by atoms with E-state index in [2.05, 4.69) is 10.1 Å². The van der Waals surface area contributed by atoms with Crippen LogP contribution in [0.1, 0.15) is 11.1 Å². The first-order chi connectivity index (χ1) is 7.17. The Labute approximate surface area is 88.5 Å². The predicted molar refractivity (Wildman–Crippen MR) is 56.4 cm³/mol. The lowest BCUT2D eigenvalue weighted by Crippen LogP contribution is -2.15. The second kappa shape index (κ2) is 5.01. The summed E-state index contributed by atoms with van der Waals surface area (Å²) in [6.07, 6.45) is 0. The lowest BCUT2D eigenvalue weighted by atomic mass is 10.1. The fourth-order valence-corrected chi connectivity index (χ4v) is 1.12. The number of methoxy groups -OCH3 is 1. The number of rotatable bonds is 3. The topological polar surface area (TPSA) is 62.1 Å². The molecule has 0 saturated carbocycles.